The van der Waals surface area contributed by atoms with Crippen LogP contribution in [0, 0.1) is 0 Å². The second-order valence-electron chi connectivity index (χ2n) is 3.47. The number of unbranched alkanes of at least 4 members (excludes halogenated alkanes) is 1. The Bertz CT molecular complexity index is 380. The van der Waals surface area contributed by atoms with Crippen molar-refractivity contribution < 1.29 is 14.3 Å². The molecule has 0 amide bonds. The number of halogens is 2. The van der Waals surface area contributed by atoms with E-state index in [2.05, 4.69) is 0 Å². The van der Waals surface area contributed by atoms with Gasteiger partial charge in [-0.2, -0.15) is 0 Å². The van der Waals surface area contributed by atoms with Crippen LogP contribution in [0.3, 0.4) is 0 Å². The Morgan fingerprint density at radius 3 is 2.59 bits per heavy atom. The van der Waals surface area contributed by atoms with Crippen LogP contribution < -0.4 is 4.74 Å². The molecule has 0 spiro atoms. The number of carbonyl (C=O) groups excluding carboxylic acids is 1. The molecule has 94 valence electrons. The van der Waals surface area contributed by atoms with Gasteiger partial charge in [0, 0.05) is 18.7 Å². The Hall–Kier alpha value is -0.770. The van der Waals surface area contributed by atoms with Gasteiger partial charge >= 0.3 is 0 Å². The van der Waals surface area contributed by atoms with E-state index in [1.165, 1.54) is 6.07 Å². The lowest BCUT2D eigenvalue weighted by Crippen LogP contribution is -2.02. The van der Waals surface area contributed by atoms with Gasteiger partial charge in [0.15, 0.2) is 6.29 Å². The summed E-state index contributed by atoms with van der Waals surface area (Å²) in [5.74, 6) is 0.392. The Balaban J connectivity index is 2.60. The van der Waals surface area contributed by atoms with Gasteiger partial charge in [-0.25, -0.2) is 0 Å². The highest BCUT2D eigenvalue weighted by atomic mass is 35.5. The lowest BCUT2D eigenvalue weighted by atomic mass is 10.2. The van der Waals surface area contributed by atoms with Crippen LogP contribution in [-0.2, 0) is 4.74 Å². The van der Waals surface area contributed by atoms with E-state index in [4.69, 9.17) is 32.7 Å². The predicted molar refractivity (Wildman–Crippen MR) is 68.5 cm³/mol. The molecule has 0 fully saturated rings. The highest BCUT2D eigenvalue weighted by Gasteiger charge is 2.09. The summed E-state index contributed by atoms with van der Waals surface area (Å²) in [5.41, 5.74) is 0.370. The average Bonchev–Trinajstić information content (AvgIpc) is 2.30. The van der Waals surface area contributed by atoms with Crippen molar-refractivity contribution >= 4 is 29.5 Å². The standard InChI is InChI=1S/C12H14Cl2O3/c1-16-4-2-3-5-17-12-9(8-15)6-10(13)7-11(12)14/h6-8H,2-5H2,1H3. The molecule has 0 bridgehead atoms. The molecule has 0 radical (unpaired) electrons. The van der Waals surface area contributed by atoms with Gasteiger partial charge in [-0.3, -0.25) is 4.79 Å². The second-order valence-corrected chi connectivity index (χ2v) is 4.32. The van der Waals surface area contributed by atoms with Gasteiger partial charge in [0.2, 0.25) is 0 Å². The van der Waals surface area contributed by atoms with Crippen LogP contribution in [0.25, 0.3) is 0 Å². The third-order valence-electron chi connectivity index (χ3n) is 2.15. The minimum Gasteiger partial charge on any atom is -0.491 e. The molecule has 0 unspecified atom stereocenters. The molecule has 0 saturated heterocycles. The maximum absolute atomic E-state index is 10.8. The number of benzene rings is 1. The molecule has 0 saturated carbocycles. The fraction of sp³-hybridized carbons (Fsp3) is 0.417. The number of hydrogen-bond donors (Lipinski definition) is 0. The zero-order chi connectivity index (χ0) is 12.7. The van der Waals surface area contributed by atoms with Crippen LogP contribution in [0.15, 0.2) is 12.1 Å². The van der Waals surface area contributed by atoms with Crippen molar-refractivity contribution in [2.75, 3.05) is 20.3 Å². The van der Waals surface area contributed by atoms with Gasteiger partial charge in [0.05, 0.1) is 17.2 Å². The number of hydrogen-bond acceptors (Lipinski definition) is 3. The highest BCUT2D eigenvalue weighted by Crippen LogP contribution is 2.31. The van der Waals surface area contributed by atoms with E-state index in [-0.39, 0.29) is 0 Å². The maximum Gasteiger partial charge on any atom is 0.153 e. The van der Waals surface area contributed by atoms with Gasteiger partial charge in [0.1, 0.15) is 5.75 Å². The smallest absolute Gasteiger partial charge is 0.153 e. The zero-order valence-corrected chi connectivity index (χ0v) is 11.1. The topological polar surface area (TPSA) is 35.5 Å². The van der Waals surface area contributed by atoms with E-state index < -0.39 is 0 Å². The molecule has 1 aromatic carbocycles. The molecule has 0 aromatic heterocycles. The molecule has 1 rings (SSSR count). The molecule has 17 heavy (non-hydrogen) atoms. The zero-order valence-electron chi connectivity index (χ0n) is 9.54. The number of rotatable bonds is 7. The summed E-state index contributed by atoms with van der Waals surface area (Å²) in [7, 11) is 1.65. The van der Waals surface area contributed by atoms with Crippen LogP contribution in [0.5, 0.6) is 5.75 Å². The van der Waals surface area contributed by atoms with Gasteiger partial charge in [0.25, 0.3) is 0 Å². The van der Waals surface area contributed by atoms with E-state index in [0.717, 1.165) is 12.8 Å². The van der Waals surface area contributed by atoms with Crippen molar-refractivity contribution in [3.63, 3.8) is 0 Å². The third kappa shape index (κ3) is 4.54. The first-order valence-corrected chi connectivity index (χ1v) is 6.00. The predicted octanol–water partition coefficient (Wildman–Crippen LogP) is 3.61. The van der Waals surface area contributed by atoms with Crippen molar-refractivity contribution in [1.82, 2.24) is 0 Å². The number of carbonyl (C=O) groups is 1. The lowest BCUT2D eigenvalue weighted by Gasteiger charge is -2.10. The summed E-state index contributed by atoms with van der Waals surface area (Å²) >= 11 is 11.7. The number of ether oxygens (including phenoxy) is 2. The summed E-state index contributed by atoms with van der Waals surface area (Å²) in [6.45, 7) is 1.18. The van der Waals surface area contributed by atoms with Gasteiger partial charge < -0.3 is 9.47 Å². The summed E-state index contributed by atoms with van der Waals surface area (Å²) in [4.78, 5) is 10.8. The fourth-order valence-electron chi connectivity index (χ4n) is 1.34. The third-order valence-corrected chi connectivity index (χ3v) is 2.65. The monoisotopic (exact) mass is 276 g/mol. The molecule has 0 aliphatic rings. The largest absolute Gasteiger partial charge is 0.491 e. The molecule has 5 heteroatoms. The van der Waals surface area contributed by atoms with Crippen LogP contribution in [0.1, 0.15) is 23.2 Å². The van der Waals surface area contributed by atoms with E-state index >= 15 is 0 Å². The Kier molecular flexibility index (Phi) is 6.34. The van der Waals surface area contributed by atoms with Crippen LogP contribution in [0.4, 0.5) is 0 Å². The molecule has 0 N–H and O–H groups in total. The molecule has 0 aliphatic heterocycles. The van der Waals surface area contributed by atoms with Gasteiger partial charge in [-0.05, 0) is 25.0 Å². The van der Waals surface area contributed by atoms with E-state index in [0.29, 0.717) is 40.9 Å². The Morgan fingerprint density at radius 1 is 1.24 bits per heavy atom. The SMILES string of the molecule is COCCCCOc1c(Cl)cc(Cl)cc1C=O. The van der Waals surface area contributed by atoms with E-state index in [9.17, 15) is 4.79 Å². The molecule has 0 aliphatic carbocycles. The number of aldehydes is 1. The fourth-order valence-corrected chi connectivity index (χ4v) is 1.91. The normalized spacial score (nSPS) is 10.3. The van der Waals surface area contributed by atoms with Crippen molar-refractivity contribution in [3.05, 3.63) is 27.7 Å². The highest BCUT2D eigenvalue weighted by molar-refractivity contribution is 6.36. The summed E-state index contributed by atoms with van der Waals surface area (Å²) < 4.78 is 10.4. The van der Waals surface area contributed by atoms with Crippen molar-refractivity contribution in [2.24, 2.45) is 0 Å². The van der Waals surface area contributed by atoms with Gasteiger partial charge in [-0.15, -0.1) is 0 Å². The van der Waals surface area contributed by atoms with Crippen LogP contribution in [-0.4, -0.2) is 26.6 Å². The van der Waals surface area contributed by atoms with Crippen LogP contribution in [0.2, 0.25) is 10.0 Å². The molecule has 0 atom stereocenters. The van der Waals surface area contributed by atoms with E-state index in [1.54, 1.807) is 13.2 Å². The minimum atomic E-state index is 0.353. The second kappa shape index (κ2) is 7.54. The average molecular weight is 277 g/mol. The quantitative estimate of drug-likeness (QED) is 0.564. The van der Waals surface area contributed by atoms with E-state index in [1.807, 2.05) is 0 Å². The van der Waals surface area contributed by atoms with Crippen molar-refractivity contribution in [2.45, 2.75) is 12.8 Å². The van der Waals surface area contributed by atoms with Crippen molar-refractivity contribution in [3.8, 4) is 5.75 Å². The van der Waals surface area contributed by atoms with Gasteiger partial charge in [-0.1, -0.05) is 23.2 Å². The van der Waals surface area contributed by atoms with Crippen molar-refractivity contribution in [1.29, 1.82) is 0 Å². The lowest BCUT2D eigenvalue weighted by molar-refractivity contribution is 0.111. The summed E-state index contributed by atoms with van der Waals surface area (Å²) in [6, 6.07) is 3.09. The molecule has 3 nitrogen and oxygen atoms in total. The molecular weight excluding hydrogens is 263 g/mol. The first-order chi connectivity index (χ1) is 8.19. The first-order valence-electron chi connectivity index (χ1n) is 5.25. The van der Waals surface area contributed by atoms with Crippen LogP contribution >= 0.6 is 23.2 Å². The molecule has 0 heterocycles. The Morgan fingerprint density at radius 2 is 1.94 bits per heavy atom. The minimum absolute atomic E-state index is 0.353. The molecular formula is C12H14Cl2O3. The summed E-state index contributed by atoms with van der Waals surface area (Å²) in [5, 5.41) is 0.773. The number of methoxy groups -OCH3 is 1. The first kappa shape index (κ1) is 14.3. The summed E-state index contributed by atoms with van der Waals surface area (Å²) in [6.07, 6.45) is 2.42. The maximum atomic E-state index is 10.8. The Labute approximate surface area is 111 Å². The molecule has 1 aromatic rings.